The fourth-order valence-electron chi connectivity index (χ4n) is 4.59. The number of carbonyl (C=O) groups is 1. The van der Waals surface area contributed by atoms with Crippen LogP contribution in [0.4, 0.5) is 0 Å². The first-order chi connectivity index (χ1) is 16.1. The van der Waals surface area contributed by atoms with E-state index in [0.717, 1.165) is 60.2 Å². The van der Waals surface area contributed by atoms with Crippen molar-refractivity contribution in [3.63, 3.8) is 0 Å². The maximum Gasteiger partial charge on any atom is 0.286 e. The SMILES string of the molecule is COc1cccc2c1OC(C)C(/C=C1\SC(N3CCC(Cc4ccccc4)CC3)=NC1=O)=C2. The highest BCUT2D eigenvalue weighted by molar-refractivity contribution is 8.18. The van der Waals surface area contributed by atoms with E-state index in [2.05, 4.69) is 46.3 Å². The molecule has 0 aliphatic carbocycles. The number of piperidine rings is 1. The number of benzene rings is 2. The van der Waals surface area contributed by atoms with Gasteiger partial charge in [0.1, 0.15) is 6.10 Å². The van der Waals surface area contributed by atoms with E-state index in [1.165, 1.54) is 17.3 Å². The Labute approximate surface area is 199 Å². The van der Waals surface area contributed by atoms with Crippen LogP contribution < -0.4 is 9.47 Å². The standard InChI is InChI=1S/C27H28N2O3S/c1-18-22(16-21-9-6-10-23(31-2)25(21)32-18)17-24-26(30)28-27(33-24)29-13-11-20(12-14-29)15-19-7-4-3-5-8-19/h3-10,16-18,20H,11-15H2,1-2H3/b24-17-. The molecule has 3 aliphatic heterocycles. The minimum absolute atomic E-state index is 0.161. The summed E-state index contributed by atoms with van der Waals surface area (Å²) in [6.45, 7) is 3.88. The monoisotopic (exact) mass is 460 g/mol. The summed E-state index contributed by atoms with van der Waals surface area (Å²) in [5.41, 5.74) is 3.32. The zero-order valence-corrected chi connectivity index (χ0v) is 19.8. The number of thioether (sulfide) groups is 1. The van der Waals surface area contributed by atoms with Gasteiger partial charge in [-0.3, -0.25) is 4.79 Å². The molecule has 1 unspecified atom stereocenters. The number of nitrogens with zero attached hydrogens (tertiary/aromatic N) is 2. The highest BCUT2D eigenvalue weighted by atomic mass is 32.2. The summed E-state index contributed by atoms with van der Waals surface area (Å²) in [6.07, 6.45) is 7.19. The normalized spacial score (nSPS) is 22.0. The Kier molecular flexibility index (Phi) is 6.27. The largest absolute Gasteiger partial charge is 0.493 e. The maximum atomic E-state index is 12.7. The van der Waals surface area contributed by atoms with E-state index in [0.29, 0.717) is 10.8 Å². The summed E-state index contributed by atoms with van der Waals surface area (Å²) in [7, 11) is 1.64. The molecular formula is C27H28N2O3S. The fraction of sp³-hybridized carbons (Fsp3) is 0.333. The molecule has 2 aromatic rings. The number of hydrogen-bond donors (Lipinski definition) is 0. The van der Waals surface area contributed by atoms with Gasteiger partial charge in [-0.05, 0) is 73.2 Å². The lowest BCUT2D eigenvalue weighted by molar-refractivity contribution is -0.113. The number of aliphatic imine (C=N–C) groups is 1. The molecule has 3 aliphatic rings. The second-order valence-corrected chi connectivity index (χ2v) is 9.72. The van der Waals surface area contributed by atoms with Gasteiger partial charge in [0, 0.05) is 18.7 Å². The van der Waals surface area contributed by atoms with E-state index in [1.54, 1.807) is 7.11 Å². The highest BCUT2D eigenvalue weighted by Gasteiger charge is 2.30. The van der Waals surface area contributed by atoms with Gasteiger partial charge in [0.15, 0.2) is 16.7 Å². The molecular weight excluding hydrogens is 432 g/mol. The maximum absolute atomic E-state index is 12.7. The molecule has 5 rings (SSSR count). The number of amidine groups is 1. The summed E-state index contributed by atoms with van der Waals surface area (Å²) >= 11 is 1.48. The van der Waals surface area contributed by atoms with E-state index in [4.69, 9.17) is 9.47 Å². The van der Waals surface area contributed by atoms with Gasteiger partial charge >= 0.3 is 0 Å². The lowest BCUT2D eigenvalue weighted by Crippen LogP contribution is -2.37. The summed E-state index contributed by atoms with van der Waals surface area (Å²) in [6, 6.07) is 16.5. The third kappa shape index (κ3) is 4.71. The molecule has 0 aromatic heterocycles. The van der Waals surface area contributed by atoms with E-state index in [-0.39, 0.29) is 12.0 Å². The molecule has 1 amide bonds. The first-order valence-electron chi connectivity index (χ1n) is 11.5. The Balaban J connectivity index is 1.24. The number of amides is 1. The predicted octanol–water partition coefficient (Wildman–Crippen LogP) is 5.33. The number of likely N-dealkylation sites (tertiary alicyclic amines) is 1. The molecule has 0 bridgehead atoms. The van der Waals surface area contributed by atoms with Crippen LogP contribution in [0.5, 0.6) is 11.5 Å². The van der Waals surface area contributed by atoms with Crippen LogP contribution >= 0.6 is 11.8 Å². The van der Waals surface area contributed by atoms with Crippen LogP contribution in [0.25, 0.3) is 6.08 Å². The predicted molar refractivity (Wildman–Crippen MR) is 134 cm³/mol. The smallest absolute Gasteiger partial charge is 0.286 e. The van der Waals surface area contributed by atoms with Crippen molar-refractivity contribution in [2.24, 2.45) is 10.9 Å². The lowest BCUT2D eigenvalue weighted by atomic mass is 9.90. The molecule has 0 saturated carbocycles. The zero-order chi connectivity index (χ0) is 22.8. The van der Waals surface area contributed by atoms with Crippen molar-refractivity contribution in [2.45, 2.75) is 32.3 Å². The van der Waals surface area contributed by atoms with Gasteiger partial charge in [0.05, 0.1) is 12.0 Å². The van der Waals surface area contributed by atoms with Gasteiger partial charge < -0.3 is 14.4 Å². The van der Waals surface area contributed by atoms with Gasteiger partial charge in [-0.25, -0.2) is 0 Å². The van der Waals surface area contributed by atoms with Crippen molar-refractivity contribution in [2.75, 3.05) is 20.2 Å². The van der Waals surface area contributed by atoms with E-state index in [9.17, 15) is 4.79 Å². The van der Waals surface area contributed by atoms with Gasteiger partial charge in [0.25, 0.3) is 5.91 Å². The summed E-state index contributed by atoms with van der Waals surface area (Å²) < 4.78 is 11.5. The number of rotatable bonds is 4. The van der Waals surface area contributed by atoms with Crippen LogP contribution in [0, 0.1) is 5.92 Å². The van der Waals surface area contributed by atoms with Gasteiger partial charge in [0.2, 0.25) is 0 Å². The second-order valence-electron chi connectivity index (χ2n) is 8.71. The van der Waals surface area contributed by atoms with E-state index < -0.39 is 0 Å². The van der Waals surface area contributed by atoms with Crippen LogP contribution in [-0.4, -0.2) is 42.3 Å². The quantitative estimate of drug-likeness (QED) is 0.578. The topological polar surface area (TPSA) is 51.1 Å². The third-order valence-corrected chi connectivity index (χ3v) is 7.52. The molecule has 5 nitrogen and oxygen atoms in total. The number of para-hydroxylation sites is 1. The van der Waals surface area contributed by atoms with Crippen molar-refractivity contribution >= 4 is 28.9 Å². The fourth-order valence-corrected chi connectivity index (χ4v) is 5.56. The Morgan fingerprint density at radius 2 is 1.94 bits per heavy atom. The van der Waals surface area contributed by atoms with Crippen molar-refractivity contribution in [3.8, 4) is 11.5 Å². The molecule has 33 heavy (non-hydrogen) atoms. The molecule has 0 spiro atoms. The Morgan fingerprint density at radius 3 is 2.70 bits per heavy atom. The van der Waals surface area contributed by atoms with Crippen molar-refractivity contribution < 1.29 is 14.3 Å². The summed E-state index contributed by atoms with van der Waals surface area (Å²) in [5.74, 6) is 1.99. The van der Waals surface area contributed by atoms with Crippen molar-refractivity contribution in [1.82, 2.24) is 4.90 Å². The molecule has 1 atom stereocenters. The minimum Gasteiger partial charge on any atom is -0.493 e. The van der Waals surface area contributed by atoms with Gasteiger partial charge in [-0.2, -0.15) is 4.99 Å². The minimum atomic E-state index is -0.174. The molecule has 0 N–H and O–H groups in total. The molecule has 2 aromatic carbocycles. The number of hydrogen-bond acceptors (Lipinski definition) is 5. The first kappa shape index (κ1) is 21.8. The van der Waals surface area contributed by atoms with Crippen molar-refractivity contribution in [1.29, 1.82) is 0 Å². The molecule has 6 heteroatoms. The second kappa shape index (κ2) is 9.48. The van der Waals surface area contributed by atoms with E-state index >= 15 is 0 Å². The molecule has 170 valence electrons. The zero-order valence-electron chi connectivity index (χ0n) is 19.0. The molecule has 1 saturated heterocycles. The highest BCUT2D eigenvalue weighted by Crippen LogP contribution is 2.39. The number of fused-ring (bicyclic) bond motifs is 1. The first-order valence-corrected chi connectivity index (χ1v) is 12.3. The van der Waals surface area contributed by atoms with E-state index in [1.807, 2.05) is 31.2 Å². The molecule has 1 fully saturated rings. The summed E-state index contributed by atoms with van der Waals surface area (Å²) in [5, 5.41) is 0.830. The average molecular weight is 461 g/mol. The van der Waals surface area contributed by atoms with Crippen molar-refractivity contribution in [3.05, 3.63) is 76.2 Å². The molecule has 3 heterocycles. The van der Waals surface area contributed by atoms with Crippen LogP contribution in [-0.2, 0) is 11.2 Å². The Morgan fingerprint density at radius 1 is 1.15 bits per heavy atom. The average Bonchev–Trinajstić information content (AvgIpc) is 3.20. The number of ether oxygens (including phenoxy) is 2. The van der Waals surface area contributed by atoms with Crippen LogP contribution in [0.15, 0.2) is 70.1 Å². The number of carbonyl (C=O) groups excluding carboxylic acids is 1. The van der Waals surface area contributed by atoms with Gasteiger partial charge in [-0.15, -0.1) is 0 Å². The van der Waals surface area contributed by atoms with Crippen LogP contribution in [0.1, 0.15) is 30.9 Å². The molecule has 0 radical (unpaired) electrons. The third-order valence-electron chi connectivity index (χ3n) is 6.47. The Hall–Kier alpha value is -2.99. The Bertz CT molecular complexity index is 1130. The van der Waals surface area contributed by atoms with Crippen LogP contribution in [0.2, 0.25) is 0 Å². The van der Waals surface area contributed by atoms with Gasteiger partial charge in [-0.1, -0.05) is 42.5 Å². The number of methoxy groups -OCH3 is 1. The summed E-state index contributed by atoms with van der Waals surface area (Å²) in [4.78, 5) is 20.0. The van der Waals surface area contributed by atoms with Crippen LogP contribution in [0.3, 0.4) is 0 Å². The lowest BCUT2D eigenvalue weighted by Gasteiger charge is -2.32.